The van der Waals surface area contributed by atoms with Crippen LogP contribution < -0.4 is 0 Å². The maximum atomic E-state index is 11.7. The second-order valence-electron chi connectivity index (χ2n) is 4.26. The third-order valence-electron chi connectivity index (χ3n) is 2.98. The Morgan fingerprint density at radius 2 is 1.86 bits per heavy atom. The summed E-state index contributed by atoms with van der Waals surface area (Å²) >= 11 is 0. The minimum Gasteiger partial charge on any atom is -0.298 e. The predicted octanol–water partition coefficient (Wildman–Crippen LogP) is 2.62. The van der Waals surface area contributed by atoms with Gasteiger partial charge in [0, 0.05) is 6.42 Å². The van der Waals surface area contributed by atoms with Crippen molar-refractivity contribution in [3.8, 4) is 0 Å². The zero-order valence-electron chi connectivity index (χ0n) is 9.59. The van der Waals surface area contributed by atoms with E-state index in [1.54, 1.807) is 0 Å². The van der Waals surface area contributed by atoms with Crippen molar-refractivity contribution in [2.24, 2.45) is 0 Å². The molecule has 0 aliphatic heterocycles. The molecule has 1 aliphatic carbocycles. The van der Waals surface area contributed by atoms with Gasteiger partial charge in [0.25, 0.3) is 0 Å². The summed E-state index contributed by atoms with van der Waals surface area (Å²) in [6.07, 6.45) is 6.57. The van der Waals surface area contributed by atoms with E-state index in [0.29, 0.717) is 5.78 Å². The van der Waals surface area contributed by atoms with Gasteiger partial charge in [-0.2, -0.15) is 0 Å². The number of rotatable bonds is 5. The Morgan fingerprint density at radius 1 is 1.21 bits per heavy atom. The summed E-state index contributed by atoms with van der Waals surface area (Å²) in [5, 5.41) is 0. The molecule has 1 aliphatic rings. The molecule has 1 rings (SSSR count). The van der Waals surface area contributed by atoms with Gasteiger partial charge in [0.05, 0.1) is 6.04 Å². The molecular weight excluding hydrogens is 174 g/mol. The van der Waals surface area contributed by atoms with Crippen molar-refractivity contribution in [3.63, 3.8) is 0 Å². The van der Waals surface area contributed by atoms with Gasteiger partial charge in [0.1, 0.15) is 5.78 Å². The highest BCUT2D eigenvalue weighted by atomic mass is 16.1. The Hall–Kier alpha value is -0.370. The molecular formula is C12H23NO. The Kier molecular flexibility index (Phi) is 5.16. The first-order valence-corrected chi connectivity index (χ1v) is 6.06. The van der Waals surface area contributed by atoms with Crippen LogP contribution in [0.3, 0.4) is 0 Å². The minimum atomic E-state index is 0.253. The molecule has 1 atom stereocenters. The fraction of sp³-hybridized carbons (Fsp3) is 0.917. The van der Waals surface area contributed by atoms with E-state index in [9.17, 15) is 4.79 Å². The van der Waals surface area contributed by atoms with Crippen LogP contribution in [-0.4, -0.2) is 29.8 Å². The SMILES string of the molecule is CCCN(CCC)C1CCCCC1=O. The Balaban J connectivity index is 2.50. The summed E-state index contributed by atoms with van der Waals surface area (Å²) in [5.41, 5.74) is 0. The van der Waals surface area contributed by atoms with Gasteiger partial charge in [-0.25, -0.2) is 0 Å². The smallest absolute Gasteiger partial charge is 0.149 e. The number of Topliss-reactive ketones (excluding diaryl/α,β-unsaturated/α-hetero) is 1. The van der Waals surface area contributed by atoms with Crippen LogP contribution in [0.25, 0.3) is 0 Å². The van der Waals surface area contributed by atoms with E-state index in [0.717, 1.165) is 45.2 Å². The molecule has 1 saturated carbocycles. The van der Waals surface area contributed by atoms with Crippen molar-refractivity contribution in [1.82, 2.24) is 4.90 Å². The van der Waals surface area contributed by atoms with Crippen molar-refractivity contribution in [1.29, 1.82) is 0 Å². The highest BCUT2D eigenvalue weighted by Gasteiger charge is 2.26. The molecule has 0 saturated heterocycles. The molecule has 2 heteroatoms. The van der Waals surface area contributed by atoms with Crippen LogP contribution in [0.5, 0.6) is 0 Å². The van der Waals surface area contributed by atoms with Crippen LogP contribution in [0.2, 0.25) is 0 Å². The van der Waals surface area contributed by atoms with Crippen molar-refractivity contribution in [2.45, 2.75) is 58.4 Å². The summed E-state index contributed by atoms with van der Waals surface area (Å²) in [5.74, 6) is 0.484. The van der Waals surface area contributed by atoms with Gasteiger partial charge in [-0.1, -0.05) is 20.3 Å². The molecule has 2 nitrogen and oxygen atoms in total. The molecule has 0 spiro atoms. The maximum absolute atomic E-state index is 11.7. The Morgan fingerprint density at radius 3 is 2.36 bits per heavy atom. The zero-order valence-corrected chi connectivity index (χ0v) is 9.59. The summed E-state index contributed by atoms with van der Waals surface area (Å²) < 4.78 is 0. The number of ketones is 1. The third-order valence-corrected chi connectivity index (χ3v) is 2.98. The zero-order chi connectivity index (χ0) is 10.4. The minimum absolute atomic E-state index is 0.253. The quantitative estimate of drug-likeness (QED) is 0.675. The third kappa shape index (κ3) is 3.09. The Bertz CT molecular complexity index is 173. The molecule has 0 amide bonds. The molecule has 1 unspecified atom stereocenters. The summed E-state index contributed by atoms with van der Waals surface area (Å²) in [4.78, 5) is 14.1. The molecule has 0 aromatic rings. The number of hydrogen-bond acceptors (Lipinski definition) is 2. The van der Waals surface area contributed by atoms with Crippen molar-refractivity contribution < 1.29 is 4.79 Å². The van der Waals surface area contributed by atoms with Crippen LogP contribution >= 0.6 is 0 Å². The monoisotopic (exact) mass is 197 g/mol. The van der Waals surface area contributed by atoms with E-state index in [4.69, 9.17) is 0 Å². The maximum Gasteiger partial charge on any atom is 0.149 e. The van der Waals surface area contributed by atoms with Gasteiger partial charge in [0.15, 0.2) is 0 Å². The summed E-state index contributed by atoms with van der Waals surface area (Å²) in [6.45, 7) is 6.56. The first-order valence-electron chi connectivity index (χ1n) is 6.06. The summed E-state index contributed by atoms with van der Waals surface area (Å²) in [6, 6.07) is 0.253. The number of nitrogens with zero attached hydrogens (tertiary/aromatic N) is 1. The van der Waals surface area contributed by atoms with E-state index < -0.39 is 0 Å². The van der Waals surface area contributed by atoms with Crippen LogP contribution in [-0.2, 0) is 4.79 Å². The summed E-state index contributed by atoms with van der Waals surface area (Å²) in [7, 11) is 0. The molecule has 0 aromatic carbocycles. The van der Waals surface area contributed by atoms with Gasteiger partial charge >= 0.3 is 0 Å². The lowest BCUT2D eigenvalue weighted by atomic mass is 9.92. The number of carbonyl (C=O) groups is 1. The lowest BCUT2D eigenvalue weighted by Crippen LogP contribution is -2.43. The lowest BCUT2D eigenvalue weighted by Gasteiger charge is -2.32. The lowest BCUT2D eigenvalue weighted by molar-refractivity contribution is -0.126. The molecule has 0 N–H and O–H groups in total. The van der Waals surface area contributed by atoms with E-state index in [1.807, 2.05) is 0 Å². The first kappa shape index (κ1) is 11.7. The van der Waals surface area contributed by atoms with Crippen LogP contribution in [0.1, 0.15) is 52.4 Å². The topological polar surface area (TPSA) is 20.3 Å². The van der Waals surface area contributed by atoms with Gasteiger partial charge < -0.3 is 0 Å². The molecule has 82 valence electrons. The van der Waals surface area contributed by atoms with Crippen LogP contribution in [0, 0.1) is 0 Å². The van der Waals surface area contributed by atoms with Crippen molar-refractivity contribution >= 4 is 5.78 Å². The molecule has 0 aromatic heterocycles. The van der Waals surface area contributed by atoms with E-state index in [1.165, 1.54) is 6.42 Å². The average molecular weight is 197 g/mol. The Labute approximate surface area is 87.7 Å². The fourth-order valence-corrected chi connectivity index (χ4v) is 2.35. The van der Waals surface area contributed by atoms with E-state index in [-0.39, 0.29) is 6.04 Å². The number of carbonyl (C=O) groups excluding carboxylic acids is 1. The van der Waals surface area contributed by atoms with Crippen LogP contribution in [0.15, 0.2) is 0 Å². The average Bonchev–Trinajstić information content (AvgIpc) is 2.18. The first-order chi connectivity index (χ1) is 6.79. The molecule has 1 fully saturated rings. The highest BCUT2D eigenvalue weighted by Crippen LogP contribution is 2.20. The van der Waals surface area contributed by atoms with E-state index in [2.05, 4.69) is 18.7 Å². The van der Waals surface area contributed by atoms with E-state index >= 15 is 0 Å². The number of hydrogen-bond donors (Lipinski definition) is 0. The van der Waals surface area contributed by atoms with Crippen molar-refractivity contribution in [2.75, 3.05) is 13.1 Å². The van der Waals surface area contributed by atoms with Gasteiger partial charge in [-0.05, 0) is 38.8 Å². The standard InChI is InChI=1S/C12H23NO/c1-3-9-13(10-4-2)11-7-5-6-8-12(11)14/h11H,3-10H2,1-2H3. The van der Waals surface area contributed by atoms with Crippen LogP contribution in [0.4, 0.5) is 0 Å². The van der Waals surface area contributed by atoms with Gasteiger partial charge in [0.2, 0.25) is 0 Å². The van der Waals surface area contributed by atoms with Gasteiger partial charge in [-0.15, -0.1) is 0 Å². The second-order valence-corrected chi connectivity index (χ2v) is 4.26. The molecule has 0 bridgehead atoms. The molecule has 14 heavy (non-hydrogen) atoms. The second kappa shape index (κ2) is 6.18. The molecule has 0 radical (unpaired) electrons. The fourth-order valence-electron chi connectivity index (χ4n) is 2.35. The largest absolute Gasteiger partial charge is 0.298 e. The predicted molar refractivity (Wildman–Crippen MR) is 59.4 cm³/mol. The van der Waals surface area contributed by atoms with Gasteiger partial charge in [-0.3, -0.25) is 9.69 Å². The molecule has 0 heterocycles. The normalized spacial score (nSPS) is 23.1. The van der Waals surface area contributed by atoms with Crippen molar-refractivity contribution in [3.05, 3.63) is 0 Å². The highest BCUT2D eigenvalue weighted by molar-refractivity contribution is 5.84.